The first-order chi connectivity index (χ1) is 8.18. The summed E-state index contributed by atoms with van der Waals surface area (Å²) in [4.78, 5) is 18.0. The van der Waals surface area contributed by atoms with E-state index in [-0.39, 0.29) is 30.7 Å². The quantitative estimate of drug-likeness (QED) is 0.908. The maximum absolute atomic E-state index is 12.2. The number of pyridine rings is 1. The number of nitrogens with zero attached hydrogens (tertiary/aromatic N) is 2. The van der Waals surface area contributed by atoms with Gasteiger partial charge in [0.05, 0.1) is 5.02 Å². The van der Waals surface area contributed by atoms with Crippen LogP contribution in [0.5, 0.6) is 0 Å². The van der Waals surface area contributed by atoms with Crippen LogP contribution in [-0.4, -0.2) is 42.0 Å². The number of carbonyl (C=O) groups excluding carboxylic acids is 1. The predicted molar refractivity (Wildman–Crippen MR) is 81.7 cm³/mol. The summed E-state index contributed by atoms with van der Waals surface area (Å²) in [6, 6.07) is 3.67. The molecule has 0 unspecified atom stereocenters. The van der Waals surface area contributed by atoms with E-state index in [4.69, 9.17) is 11.6 Å². The summed E-state index contributed by atoms with van der Waals surface area (Å²) in [6.07, 6.45) is 3.50. The Hall–Kier alpha value is -0.550. The SMILES string of the molecule is CN(C(=O)c1ccc(Cl)cn1)C1CCNCC1.Cl.Cl. The Balaban J connectivity index is 0.00000162. The lowest BCUT2D eigenvalue weighted by atomic mass is 10.1. The van der Waals surface area contributed by atoms with Gasteiger partial charge in [-0.2, -0.15) is 0 Å². The summed E-state index contributed by atoms with van der Waals surface area (Å²) in [6.45, 7) is 1.94. The maximum atomic E-state index is 12.2. The second-order valence-electron chi connectivity index (χ2n) is 4.26. The Morgan fingerprint density at radius 1 is 1.37 bits per heavy atom. The van der Waals surface area contributed by atoms with E-state index in [1.165, 1.54) is 6.20 Å². The van der Waals surface area contributed by atoms with Gasteiger partial charge >= 0.3 is 0 Å². The summed E-state index contributed by atoms with van der Waals surface area (Å²) in [5, 5.41) is 3.83. The number of amides is 1. The molecule has 108 valence electrons. The summed E-state index contributed by atoms with van der Waals surface area (Å²) >= 11 is 5.75. The lowest BCUT2D eigenvalue weighted by Gasteiger charge is -2.31. The van der Waals surface area contributed by atoms with Crippen molar-refractivity contribution in [1.82, 2.24) is 15.2 Å². The van der Waals surface area contributed by atoms with Crippen molar-refractivity contribution in [3.63, 3.8) is 0 Å². The lowest BCUT2D eigenvalue weighted by Crippen LogP contribution is -2.44. The van der Waals surface area contributed by atoms with Crippen molar-refractivity contribution in [2.75, 3.05) is 20.1 Å². The molecule has 1 fully saturated rings. The molecule has 1 saturated heterocycles. The molecule has 4 nitrogen and oxygen atoms in total. The Morgan fingerprint density at radius 3 is 2.53 bits per heavy atom. The molecule has 1 N–H and O–H groups in total. The molecule has 2 rings (SSSR count). The normalized spacial score (nSPS) is 15.1. The molecule has 1 amide bonds. The number of carbonyl (C=O) groups is 1. The number of nitrogens with one attached hydrogen (secondary N) is 1. The van der Waals surface area contributed by atoms with Gasteiger partial charge in [-0.3, -0.25) is 4.79 Å². The minimum absolute atomic E-state index is 0. The first-order valence-corrected chi connectivity index (χ1v) is 6.15. The minimum atomic E-state index is -0.0337. The fourth-order valence-corrected chi connectivity index (χ4v) is 2.15. The van der Waals surface area contributed by atoms with Crippen molar-refractivity contribution in [3.8, 4) is 0 Å². The molecule has 0 aromatic carbocycles. The monoisotopic (exact) mass is 325 g/mol. The standard InChI is InChI=1S/C12H16ClN3O.2ClH/c1-16(10-4-6-14-7-5-10)12(17)11-3-2-9(13)8-15-11;;/h2-3,8,10,14H,4-7H2,1H3;2*1H. The summed E-state index contributed by atoms with van der Waals surface area (Å²) in [5.41, 5.74) is 0.454. The molecule has 19 heavy (non-hydrogen) atoms. The van der Waals surface area contributed by atoms with E-state index >= 15 is 0 Å². The van der Waals surface area contributed by atoms with Crippen molar-refractivity contribution < 1.29 is 4.79 Å². The zero-order valence-electron chi connectivity index (χ0n) is 10.6. The molecule has 7 heteroatoms. The Labute approximate surface area is 130 Å². The second-order valence-corrected chi connectivity index (χ2v) is 4.70. The maximum Gasteiger partial charge on any atom is 0.272 e. The number of hydrogen-bond donors (Lipinski definition) is 1. The number of hydrogen-bond acceptors (Lipinski definition) is 3. The van der Waals surface area contributed by atoms with Gasteiger partial charge in [-0.15, -0.1) is 24.8 Å². The fourth-order valence-electron chi connectivity index (χ4n) is 2.04. The highest BCUT2D eigenvalue weighted by Gasteiger charge is 2.23. The molecule has 0 saturated carbocycles. The van der Waals surface area contributed by atoms with Crippen LogP contribution in [0.1, 0.15) is 23.3 Å². The van der Waals surface area contributed by atoms with Gasteiger partial charge in [-0.1, -0.05) is 11.6 Å². The van der Waals surface area contributed by atoms with Gasteiger partial charge < -0.3 is 10.2 Å². The van der Waals surface area contributed by atoms with E-state index in [9.17, 15) is 4.79 Å². The molecule has 1 aliphatic heterocycles. The van der Waals surface area contributed by atoms with Crippen molar-refractivity contribution >= 4 is 42.3 Å². The van der Waals surface area contributed by atoms with Crippen molar-refractivity contribution in [2.24, 2.45) is 0 Å². The van der Waals surface area contributed by atoms with Crippen LogP contribution in [0, 0.1) is 0 Å². The number of piperidine rings is 1. The molecule has 0 spiro atoms. The largest absolute Gasteiger partial charge is 0.337 e. The van der Waals surface area contributed by atoms with E-state index in [0.29, 0.717) is 16.8 Å². The van der Waals surface area contributed by atoms with Crippen LogP contribution < -0.4 is 5.32 Å². The molecule has 0 bridgehead atoms. The molecule has 0 aliphatic carbocycles. The van der Waals surface area contributed by atoms with Gasteiger partial charge in [0.2, 0.25) is 0 Å². The Morgan fingerprint density at radius 2 is 2.00 bits per heavy atom. The summed E-state index contributed by atoms with van der Waals surface area (Å²) < 4.78 is 0. The van der Waals surface area contributed by atoms with E-state index in [1.54, 1.807) is 17.0 Å². The van der Waals surface area contributed by atoms with Gasteiger partial charge in [0.25, 0.3) is 5.91 Å². The lowest BCUT2D eigenvalue weighted by molar-refractivity contribution is 0.0697. The van der Waals surface area contributed by atoms with Crippen LogP contribution in [0.3, 0.4) is 0 Å². The van der Waals surface area contributed by atoms with Gasteiger partial charge in [-0.25, -0.2) is 4.98 Å². The van der Waals surface area contributed by atoms with E-state index < -0.39 is 0 Å². The van der Waals surface area contributed by atoms with Crippen LogP contribution >= 0.6 is 36.4 Å². The molecule has 1 aliphatic rings. The zero-order chi connectivity index (χ0) is 12.3. The first kappa shape index (κ1) is 18.4. The molecule has 0 atom stereocenters. The highest BCUT2D eigenvalue weighted by atomic mass is 35.5. The fraction of sp³-hybridized carbons (Fsp3) is 0.500. The number of rotatable bonds is 2. The van der Waals surface area contributed by atoms with Crippen LogP contribution in [0.25, 0.3) is 0 Å². The molecular formula is C12H18Cl3N3O. The Bertz CT molecular complexity index is 394. The highest BCUT2D eigenvalue weighted by molar-refractivity contribution is 6.30. The molecule has 0 radical (unpaired) electrons. The number of halogens is 3. The van der Waals surface area contributed by atoms with Crippen LogP contribution in [0.2, 0.25) is 5.02 Å². The molecule has 2 heterocycles. The van der Waals surface area contributed by atoms with E-state index in [0.717, 1.165) is 25.9 Å². The van der Waals surface area contributed by atoms with Crippen LogP contribution in [0.15, 0.2) is 18.3 Å². The third kappa shape index (κ3) is 4.80. The van der Waals surface area contributed by atoms with Gasteiger partial charge in [-0.05, 0) is 38.1 Å². The summed E-state index contributed by atoms with van der Waals surface area (Å²) in [7, 11) is 1.84. The van der Waals surface area contributed by atoms with Crippen molar-refractivity contribution in [1.29, 1.82) is 0 Å². The van der Waals surface area contributed by atoms with E-state index in [1.807, 2.05) is 7.05 Å². The third-order valence-electron chi connectivity index (χ3n) is 3.12. The zero-order valence-corrected chi connectivity index (χ0v) is 13.0. The van der Waals surface area contributed by atoms with E-state index in [2.05, 4.69) is 10.3 Å². The minimum Gasteiger partial charge on any atom is -0.337 e. The van der Waals surface area contributed by atoms with Gasteiger partial charge in [0.15, 0.2) is 0 Å². The van der Waals surface area contributed by atoms with Gasteiger partial charge in [0, 0.05) is 19.3 Å². The summed E-state index contributed by atoms with van der Waals surface area (Å²) in [5.74, 6) is -0.0337. The van der Waals surface area contributed by atoms with Gasteiger partial charge in [0.1, 0.15) is 5.69 Å². The second kappa shape index (κ2) is 8.59. The molecular weight excluding hydrogens is 309 g/mol. The van der Waals surface area contributed by atoms with Crippen LogP contribution in [0.4, 0.5) is 0 Å². The third-order valence-corrected chi connectivity index (χ3v) is 3.35. The average molecular weight is 327 g/mol. The van der Waals surface area contributed by atoms with Crippen molar-refractivity contribution in [3.05, 3.63) is 29.0 Å². The molecule has 1 aromatic rings. The highest BCUT2D eigenvalue weighted by Crippen LogP contribution is 2.14. The average Bonchev–Trinajstić information content (AvgIpc) is 2.39. The topological polar surface area (TPSA) is 45.2 Å². The first-order valence-electron chi connectivity index (χ1n) is 5.78. The predicted octanol–water partition coefficient (Wildman–Crippen LogP) is 2.40. The number of aromatic nitrogens is 1. The molecule has 1 aromatic heterocycles. The van der Waals surface area contributed by atoms with Crippen LogP contribution in [-0.2, 0) is 0 Å². The Kier molecular flexibility index (Phi) is 8.34. The smallest absolute Gasteiger partial charge is 0.272 e. The van der Waals surface area contributed by atoms with Crippen molar-refractivity contribution in [2.45, 2.75) is 18.9 Å².